The Hall–Kier alpha value is -0.470. The van der Waals surface area contributed by atoms with Crippen molar-refractivity contribution >= 4 is 11.1 Å². The first kappa shape index (κ1) is 15.5. The van der Waals surface area contributed by atoms with Crippen molar-refractivity contribution in [2.45, 2.75) is 34.1 Å². The van der Waals surface area contributed by atoms with Gasteiger partial charge in [0.25, 0.3) is 0 Å². The minimum absolute atomic E-state index is 0.0640. The highest BCUT2D eigenvalue weighted by atomic mass is 32.2. The summed E-state index contributed by atoms with van der Waals surface area (Å²) in [7, 11) is 2.04. The maximum atomic E-state index is 3.35. The van der Waals surface area contributed by atoms with Crippen molar-refractivity contribution in [1.82, 2.24) is 4.72 Å². The average Bonchev–Trinajstić information content (AvgIpc) is 2.28. The van der Waals surface area contributed by atoms with Gasteiger partial charge in [-0.3, -0.25) is 4.72 Å². The van der Waals surface area contributed by atoms with E-state index < -0.39 is 0 Å². The Balaban J connectivity index is 4.97. The van der Waals surface area contributed by atoms with E-state index in [0.29, 0.717) is 0 Å². The summed E-state index contributed by atoms with van der Waals surface area (Å²) in [6, 6.07) is 0. The highest BCUT2D eigenvalue weighted by molar-refractivity contribution is 8.14. The number of hydrogen-bond donors (Lipinski definition) is 2. The smallest absolute Gasteiger partial charge is 0.00782 e. The quantitative estimate of drug-likeness (QED) is 0.529. The molecular formula is C14H27NS. The minimum Gasteiger partial charge on any atom is -0.286 e. The monoisotopic (exact) mass is 241 g/mol. The van der Waals surface area contributed by atoms with E-state index in [1.54, 1.807) is 0 Å². The van der Waals surface area contributed by atoms with E-state index in [9.17, 15) is 0 Å². The van der Waals surface area contributed by atoms with E-state index >= 15 is 0 Å². The lowest BCUT2D eigenvalue weighted by atomic mass is 10.0. The van der Waals surface area contributed by atoms with E-state index in [0.717, 1.165) is 6.42 Å². The lowest BCUT2D eigenvalue weighted by Crippen LogP contribution is -2.06. The molecule has 0 amide bonds. The zero-order chi connectivity index (χ0) is 12.6. The van der Waals surface area contributed by atoms with Crippen LogP contribution in [0.15, 0.2) is 34.9 Å². The molecule has 0 aliphatic carbocycles. The second-order valence-electron chi connectivity index (χ2n) is 4.06. The highest BCUT2D eigenvalue weighted by Crippen LogP contribution is 2.23. The van der Waals surface area contributed by atoms with E-state index in [-0.39, 0.29) is 11.1 Å². The summed E-state index contributed by atoms with van der Waals surface area (Å²) in [6.07, 6.45) is 10.1. The van der Waals surface area contributed by atoms with Crippen LogP contribution in [0.4, 0.5) is 0 Å². The summed E-state index contributed by atoms with van der Waals surface area (Å²) < 4.78 is 3.35. The second-order valence-corrected chi connectivity index (χ2v) is 6.22. The zero-order valence-electron chi connectivity index (χ0n) is 11.6. The minimum atomic E-state index is -0.0640. The fraction of sp³-hybridized carbons (Fsp3) is 0.571. The van der Waals surface area contributed by atoms with Gasteiger partial charge in [-0.05, 0) is 51.6 Å². The summed E-state index contributed by atoms with van der Waals surface area (Å²) in [4.78, 5) is 0. The fourth-order valence-corrected chi connectivity index (χ4v) is 2.56. The number of nitrogens with one attached hydrogen (secondary N) is 1. The van der Waals surface area contributed by atoms with Gasteiger partial charge in [0.15, 0.2) is 0 Å². The molecule has 0 aromatic heterocycles. The van der Waals surface area contributed by atoms with Gasteiger partial charge in [-0.1, -0.05) is 30.7 Å². The third-order valence-electron chi connectivity index (χ3n) is 2.69. The molecule has 94 valence electrons. The maximum Gasteiger partial charge on any atom is 0.00782 e. The molecule has 1 atom stereocenters. The Kier molecular flexibility index (Phi) is 8.40. The molecule has 1 unspecified atom stereocenters. The van der Waals surface area contributed by atoms with Gasteiger partial charge in [0.1, 0.15) is 0 Å². The molecule has 0 fully saturated rings. The van der Waals surface area contributed by atoms with Crippen LogP contribution in [-0.2, 0) is 0 Å². The van der Waals surface area contributed by atoms with Crippen LogP contribution in [0, 0.1) is 0 Å². The van der Waals surface area contributed by atoms with Crippen LogP contribution in [0.2, 0.25) is 0 Å². The zero-order valence-corrected chi connectivity index (χ0v) is 12.5. The molecular weight excluding hydrogens is 214 g/mol. The molecule has 1 nitrogen and oxygen atoms in total. The van der Waals surface area contributed by atoms with Gasteiger partial charge in [-0.2, -0.15) is 0 Å². The van der Waals surface area contributed by atoms with Crippen molar-refractivity contribution in [1.29, 1.82) is 0 Å². The molecule has 0 rings (SSSR count). The van der Waals surface area contributed by atoms with Crippen molar-refractivity contribution < 1.29 is 0 Å². The van der Waals surface area contributed by atoms with Crippen molar-refractivity contribution in [3.8, 4) is 0 Å². The summed E-state index contributed by atoms with van der Waals surface area (Å²) in [6.45, 7) is 8.72. The number of thiol groups is 1. The van der Waals surface area contributed by atoms with Crippen LogP contribution in [0.5, 0.6) is 0 Å². The van der Waals surface area contributed by atoms with Crippen molar-refractivity contribution in [3.63, 3.8) is 0 Å². The molecule has 0 aromatic carbocycles. The molecule has 1 N–H and O–H groups in total. The van der Waals surface area contributed by atoms with Crippen LogP contribution in [-0.4, -0.2) is 19.1 Å². The van der Waals surface area contributed by atoms with Gasteiger partial charge in [0.2, 0.25) is 0 Å². The maximum absolute atomic E-state index is 3.35. The van der Waals surface area contributed by atoms with Crippen LogP contribution in [0.1, 0.15) is 34.1 Å². The number of rotatable bonds is 6. The van der Waals surface area contributed by atoms with E-state index in [2.05, 4.69) is 56.9 Å². The first-order valence-electron chi connectivity index (χ1n) is 5.94. The van der Waals surface area contributed by atoms with Gasteiger partial charge >= 0.3 is 0 Å². The standard InChI is InChI=1S/C14H27NS/c1-7-9-10-14(12(3)8-2)13(4)11-16(6)15-5/h8-10,15-16H,7,11H2,1-6H3/b10-9?,12-8-,14-13+. The van der Waals surface area contributed by atoms with Crippen molar-refractivity contribution in [3.05, 3.63) is 34.9 Å². The Labute approximate surface area is 104 Å². The van der Waals surface area contributed by atoms with Gasteiger partial charge in [0, 0.05) is 5.75 Å². The van der Waals surface area contributed by atoms with Crippen molar-refractivity contribution in [2.75, 3.05) is 19.1 Å². The summed E-state index contributed by atoms with van der Waals surface area (Å²) in [5, 5.41) is 0. The Morgan fingerprint density at radius 2 is 1.94 bits per heavy atom. The highest BCUT2D eigenvalue weighted by Gasteiger charge is 2.03. The lowest BCUT2D eigenvalue weighted by Gasteiger charge is -2.17. The van der Waals surface area contributed by atoms with Crippen molar-refractivity contribution in [2.24, 2.45) is 0 Å². The molecule has 2 heteroatoms. The normalized spacial score (nSPS) is 17.6. The summed E-state index contributed by atoms with van der Waals surface area (Å²) in [5.74, 6) is 1.17. The third kappa shape index (κ3) is 5.57. The molecule has 0 spiro atoms. The van der Waals surface area contributed by atoms with Gasteiger partial charge in [-0.25, -0.2) is 11.1 Å². The molecule has 0 saturated heterocycles. The second kappa shape index (κ2) is 8.66. The van der Waals surface area contributed by atoms with E-state index in [1.165, 1.54) is 22.5 Å². The predicted octanol–water partition coefficient (Wildman–Crippen LogP) is 4.00. The van der Waals surface area contributed by atoms with Gasteiger partial charge < -0.3 is 0 Å². The molecule has 0 heterocycles. The number of allylic oxidation sites excluding steroid dienone is 5. The van der Waals surface area contributed by atoms with E-state index in [1.807, 2.05) is 7.05 Å². The molecule has 0 bridgehead atoms. The SMILES string of the molecule is C/C=C(C)\C(C=CCC)=C(/C)C[SH](C)NC. The summed E-state index contributed by atoms with van der Waals surface area (Å²) >= 11 is -0.0640. The topological polar surface area (TPSA) is 12.0 Å². The van der Waals surface area contributed by atoms with Crippen LogP contribution >= 0.6 is 11.1 Å². The summed E-state index contributed by atoms with van der Waals surface area (Å²) in [5.41, 5.74) is 4.28. The Morgan fingerprint density at radius 3 is 2.38 bits per heavy atom. The average molecular weight is 241 g/mol. The van der Waals surface area contributed by atoms with Crippen LogP contribution in [0.25, 0.3) is 0 Å². The molecule has 16 heavy (non-hydrogen) atoms. The van der Waals surface area contributed by atoms with Gasteiger partial charge in [0.05, 0.1) is 0 Å². The number of hydrogen-bond acceptors (Lipinski definition) is 1. The largest absolute Gasteiger partial charge is 0.286 e. The van der Waals surface area contributed by atoms with E-state index in [4.69, 9.17) is 0 Å². The molecule has 0 aliphatic heterocycles. The third-order valence-corrected chi connectivity index (χ3v) is 4.41. The van der Waals surface area contributed by atoms with Crippen LogP contribution in [0.3, 0.4) is 0 Å². The lowest BCUT2D eigenvalue weighted by molar-refractivity contribution is 1.20. The van der Waals surface area contributed by atoms with Crippen LogP contribution < -0.4 is 4.72 Å². The Morgan fingerprint density at radius 1 is 1.31 bits per heavy atom. The molecule has 0 aromatic rings. The molecule has 0 aliphatic rings. The first-order valence-corrected chi connectivity index (χ1v) is 7.92. The molecule has 0 radical (unpaired) electrons. The predicted molar refractivity (Wildman–Crippen MR) is 80.4 cm³/mol. The molecule has 0 saturated carbocycles. The van der Waals surface area contributed by atoms with Gasteiger partial charge in [-0.15, -0.1) is 0 Å². The Bertz CT molecular complexity index is 287. The fourth-order valence-electron chi connectivity index (χ4n) is 1.52. The first-order chi connectivity index (χ1) is 7.56.